The van der Waals surface area contributed by atoms with E-state index in [0.717, 1.165) is 17.8 Å². The number of H-pyrrole nitrogens is 1. The molecule has 1 amide bonds. The van der Waals surface area contributed by atoms with E-state index in [0.29, 0.717) is 24.9 Å². The summed E-state index contributed by atoms with van der Waals surface area (Å²) in [4.78, 5) is 15.0. The third-order valence-corrected chi connectivity index (χ3v) is 3.55. The molecule has 0 spiro atoms. The second-order valence-corrected chi connectivity index (χ2v) is 5.29. The van der Waals surface area contributed by atoms with Gasteiger partial charge in [0.05, 0.1) is 0 Å². The SMILES string of the molecule is Cc1cc(CCNC(=O)CCc2ccccc2F)c(C)[nH]1. The van der Waals surface area contributed by atoms with E-state index in [2.05, 4.69) is 16.4 Å². The van der Waals surface area contributed by atoms with Crippen LogP contribution in [0.3, 0.4) is 0 Å². The minimum atomic E-state index is -0.247. The zero-order chi connectivity index (χ0) is 15.2. The molecule has 2 rings (SSSR count). The Morgan fingerprint density at radius 1 is 1.19 bits per heavy atom. The molecule has 0 aliphatic heterocycles. The zero-order valence-corrected chi connectivity index (χ0v) is 12.5. The number of hydrogen-bond acceptors (Lipinski definition) is 1. The summed E-state index contributed by atoms with van der Waals surface area (Å²) in [6.07, 6.45) is 1.55. The Labute approximate surface area is 124 Å². The fourth-order valence-corrected chi connectivity index (χ4v) is 2.42. The van der Waals surface area contributed by atoms with E-state index < -0.39 is 0 Å². The first-order valence-electron chi connectivity index (χ1n) is 7.21. The first kappa shape index (κ1) is 15.3. The van der Waals surface area contributed by atoms with Crippen molar-refractivity contribution < 1.29 is 9.18 Å². The number of halogens is 1. The Morgan fingerprint density at radius 3 is 2.62 bits per heavy atom. The highest BCUT2D eigenvalue weighted by atomic mass is 19.1. The number of benzene rings is 1. The van der Waals surface area contributed by atoms with Gasteiger partial charge in [0.2, 0.25) is 5.91 Å². The average molecular weight is 288 g/mol. The number of carbonyl (C=O) groups excluding carboxylic acids is 1. The van der Waals surface area contributed by atoms with Gasteiger partial charge >= 0.3 is 0 Å². The predicted octanol–water partition coefficient (Wildman–Crippen LogP) is 3.06. The molecular weight excluding hydrogens is 267 g/mol. The van der Waals surface area contributed by atoms with Crippen molar-refractivity contribution in [1.82, 2.24) is 10.3 Å². The van der Waals surface area contributed by atoms with E-state index in [1.54, 1.807) is 18.2 Å². The van der Waals surface area contributed by atoms with Gasteiger partial charge in [-0.25, -0.2) is 4.39 Å². The second kappa shape index (κ2) is 7.07. The Hall–Kier alpha value is -2.10. The van der Waals surface area contributed by atoms with Gasteiger partial charge in [-0.1, -0.05) is 18.2 Å². The van der Waals surface area contributed by atoms with Crippen molar-refractivity contribution in [2.45, 2.75) is 33.1 Å². The topological polar surface area (TPSA) is 44.9 Å². The summed E-state index contributed by atoms with van der Waals surface area (Å²) in [6.45, 7) is 4.65. The molecule has 0 bridgehead atoms. The standard InChI is InChI=1S/C17H21FN2O/c1-12-11-15(13(2)20-12)9-10-19-17(21)8-7-14-5-3-4-6-16(14)18/h3-6,11,20H,7-10H2,1-2H3,(H,19,21). The molecule has 112 valence electrons. The number of aromatic amines is 1. The van der Waals surface area contributed by atoms with Gasteiger partial charge < -0.3 is 10.3 Å². The second-order valence-electron chi connectivity index (χ2n) is 5.29. The highest BCUT2D eigenvalue weighted by molar-refractivity contribution is 5.76. The van der Waals surface area contributed by atoms with Gasteiger partial charge in [-0.3, -0.25) is 4.79 Å². The Morgan fingerprint density at radius 2 is 1.95 bits per heavy atom. The third-order valence-electron chi connectivity index (χ3n) is 3.55. The number of aryl methyl sites for hydroxylation is 3. The van der Waals surface area contributed by atoms with Crippen LogP contribution in [0.2, 0.25) is 0 Å². The summed E-state index contributed by atoms with van der Waals surface area (Å²) in [5.74, 6) is -0.285. The monoisotopic (exact) mass is 288 g/mol. The molecular formula is C17H21FN2O. The number of rotatable bonds is 6. The van der Waals surface area contributed by atoms with E-state index in [4.69, 9.17) is 0 Å². The molecule has 3 nitrogen and oxygen atoms in total. The highest BCUT2D eigenvalue weighted by Gasteiger charge is 2.06. The zero-order valence-electron chi connectivity index (χ0n) is 12.5. The van der Waals surface area contributed by atoms with Gasteiger partial charge in [-0.2, -0.15) is 0 Å². The van der Waals surface area contributed by atoms with E-state index in [1.165, 1.54) is 11.6 Å². The maximum absolute atomic E-state index is 13.4. The van der Waals surface area contributed by atoms with Crippen LogP contribution in [0.15, 0.2) is 30.3 Å². The molecule has 1 aromatic carbocycles. The van der Waals surface area contributed by atoms with Crippen molar-refractivity contribution in [2.24, 2.45) is 0 Å². The van der Waals surface area contributed by atoms with Crippen LogP contribution in [0, 0.1) is 19.7 Å². The molecule has 1 heterocycles. The minimum absolute atomic E-state index is 0.0387. The van der Waals surface area contributed by atoms with Gasteiger partial charge in [0, 0.05) is 24.4 Å². The Balaban J connectivity index is 1.73. The van der Waals surface area contributed by atoms with Crippen LogP contribution < -0.4 is 5.32 Å². The molecule has 0 aliphatic rings. The Kier molecular flexibility index (Phi) is 5.14. The van der Waals surface area contributed by atoms with Gasteiger partial charge in [0.1, 0.15) is 5.82 Å². The third kappa shape index (κ3) is 4.45. The van der Waals surface area contributed by atoms with Crippen LogP contribution in [-0.4, -0.2) is 17.4 Å². The lowest BCUT2D eigenvalue weighted by molar-refractivity contribution is -0.121. The predicted molar refractivity (Wildman–Crippen MR) is 81.7 cm³/mol. The van der Waals surface area contributed by atoms with Gasteiger partial charge in [-0.15, -0.1) is 0 Å². The molecule has 2 aromatic rings. The van der Waals surface area contributed by atoms with E-state index in [1.807, 2.05) is 13.8 Å². The van der Waals surface area contributed by atoms with E-state index in [9.17, 15) is 9.18 Å². The molecule has 0 saturated carbocycles. The van der Waals surface area contributed by atoms with E-state index in [-0.39, 0.29) is 11.7 Å². The van der Waals surface area contributed by atoms with Crippen molar-refractivity contribution in [3.8, 4) is 0 Å². The summed E-state index contributed by atoms with van der Waals surface area (Å²) in [7, 11) is 0. The molecule has 0 fully saturated rings. The van der Waals surface area contributed by atoms with Gasteiger partial charge in [0.25, 0.3) is 0 Å². The maximum Gasteiger partial charge on any atom is 0.220 e. The largest absolute Gasteiger partial charge is 0.362 e. The summed E-state index contributed by atoms with van der Waals surface area (Å²) < 4.78 is 13.4. The van der Waals surface area contributed by atoms with E-state index >= 15 is 0 Å². The molecule has 0 atom stereocenters. The lowest BCUT2D eigenvalue weighted by Gasteiger charge is -2.06. The summed E-state index contributed by atoms with van der Waals surface area (Å²) in [5.41, 5.74) is 4.09. The molecule has 0 aliphatic carbocycles. The normalized spacial score (nSPS) is 10.6. The summed E-state index contributed by atoms with van der Waals surface area (Å²) in [6, 6.07) is 8.67. The van der Waals surface area contributed by atoms with Crippen LogP contribution in [0.5, 0.6) is 0 Å². The quantitative estimate of drug-likeness (QED) is 0.843. The minimum Gasteiger partial charge on any atom is -0.362 e. The van der Waals surface area contributed by atoms with Crippen LogP contribution in [0.1, 0.15) is 28.9 Å². The van der Waals surface area contributed by atoms with Crippen LogP contribution >= 0.6 is 0 Å². The molecule has 21 heavy (non-hydrogen) atoms. The van der Waals surface area contributed by atoms with Crippen molar-refractivity contribution in [3.63, 3.8) is 0 Å². The molecule has 0 unspecified atom stereocenters. The van der Waals surface area contributed by atoms with Crippen LogP contribution in [-0.2, 0) is 17.6 Å². The first-order chi connectivity index (χ1) is 10.1. The van der Waals surface area contributed by atoms with Crippen LogP contribution in [0.25, 0.3) is 0 Å². The van der Waals surface area contributed by atoms with Crippen LogP contribution in [0.4, 0.5) is 4.39 Å². The molecule has 1 aromatic heterocycles. The fourth-order valence-electron chi connectivity index (χ4n) is 2.42. The number of nitrogens with one attached hydrogen (secondary N) is 2. The van der Waals surface area contributed by atoms with Crippen molar-refractivity contribution >= 4 is 5.91 Å². The summed E-state index contributed by atoms with van der Waals surface area (Å²) >= 11 is 0. The lowest BCUT2D eigenvalue weighted by Crippen LogP contribution is -2.26. The van der Waals surface area contributed by atoms with Crippen molar-refractivity contribution in [1.29, 1.82) is 0 Å². The Bertz CT molecular complexity index is 619. The van der Waals surface area contributed by atoms with Crippen molar-refractivity contribution in [3.05, 3.63) is 58.7 Å². The summed E-state index contributed by atoms with van der Waals surface area (Å²) in [5, 5.41) is 2.88. The molecule has 4 heteroatoms. The average Bonchev–Trinajstić information content (AvgIpc) is 2.76. The molecule has 2 N–H and O–H groups in total. The van der Waals surface area contributed by atoms with Gasteiger partial charge in [0.15, 0.2) is 0 Å². The van der Waals surface area contributed by atoms with Crippen molar-refractivity contribution in [2.75, 3.05) is 6.54 Å². The number of aromatic nitrogens is 1. The number of amides is 1. The number of hydrogen-bond donors (Lipinski definition) is 2. The van der Waals surface area contributed by atoms with Gasteiger partial charge in [-0.05, 0) is 49.9 Å². The first-order valence-corrected chi connectivity index (χ1v) is 7.21. The number of carbonyl (C=O) groups is 1. The fraction of sp³-hybridized carbons (Fsp3) is 0.353. The smallest absolute Gasteiger partial charge is 0.220 e. The maximum atomic E-state index is 13.4. The molecule has 0 radical (unpaired) electrons. The molecule has 0 saturated heterocycles. The lowest BCUT2D eigenvalue weighted by atomic mass is 10.1. The highest BCUT2D eigenvalue weighted by Crippen LogP contribution is 2.10.